The lowest BCUT2D eigenvalue weighted by atomic mass is 9.79. The molecular formula is C33H23F2N3. The Morgan fingerprint density at radius 2 is 1.66 bits per heavy atom. The number of hydrogen-bond acceptors (Lipinski definition) is 3. The van der Waals surface area contributed by atoms with Crippen LogP contribution in [0.4, 0.5) is 8.78 Å². The molecule has 7 rings (SSSR count). The molecule has 3 nitrogen and oxygen atoms in total. The predicted molar refractivity (Wildman–Crippen MR) is 147 cm³/mol. The number of aryl methyl sites for hydroxylation is 1. The van der Waals surface area contributed by atoms with Crippen molar-refractivity contribution >= 4 is 27.2 Å². The number of hydrogen-bond donors (Lipinski definition) is 0. The fourth-order valence-corrected chi connectivity index (χ4v) is 5.33. The maximum absolute atomic E-state index is 13.6. The second kappa shape index (κ2) is 9.99. The summed E-state index contributed by atoms with van der Waals surface area (Å²) in [5, 5.41) is 11.9. The van der Waals surface area contributed by atoms with Gasteiger partial charge in [-0.1, -0.05) is 48.1 Å². The van der Waals surface area contributed by atoms with E-state index in [1.54, 1.807) is 36.3 Å². The monoisotopic (exact) mass is 499 g/mol. The van der Waals surface area contributed by atoms with Crippen molar-refractivity contribution in [2.24, 2.45) is 0 Å². The third-order valence-electron chi connectivity index (χ3n) is 7.24. The zero-order valence-corrected chi connectivity index (χ0v) is 20.6. The van der Waals surface area contributed by atoms with Crippen LogP contribution in [0, 0.1) is 23.0 Å². The molecule has 38 heavy (non-hydrogen) atoms. The van der Waals surface area contributed by atoms with Crippen LogP contribution in [-0.2, 0) is 6.42 Å². The topological polar surface area (TPSA) is 49.6 Å². The molecule has 0 fully saturated rings. The number of rotatable bonds is 1. The smallest absolute Gasteiger partial charge is 0.159 e. The molecule has 0 aliphatic heterocycles. The molecule has 2 aliphatic carbocycles. The Morgan fingerprint density at radius 1 is 0.789 bits per heavy atom. The number of nitrogens with zero attached hydrogens (tertiary/aromatic N) is 3. The molecule has 2 heterocycles. The number of pyridine rings is 2. The van der Waals surface area contributed by atoms with Crippen LogP contribution in [0.25, 0.3) is 38.4 Å². The summed E-state index contributed by atoms with van der Waals surface area (Å²) in [6.07, 6.45) is 14.0. The van der Waals surface area contributed by atoms with E-state index >= 15 is 0 Å². The number of allylic oxidation sites excluding steroid dienone is 4. The minimum absolute atomic E-state index is 0.565. The van der Waals surface area contributed by atoms with Gasteiger partial charge in [0.1, 0.15) is 6.07 Å². The number of benzene rings is 3. The molecule has 0 saturated heterocycles. The minimum atomic E-state index is -0.812. The fourth-order valence-electron chi connectivity index (χ4n) is 5.33. The number of nitriles is 1. The van der Waals surface area contributed by atoms with Crippen molar-refractivity contribution in [3.05, 3.63) is 125 Å². The highest BCUT2D eigenvalue weighted by Crippen LogP contribution is 2.40. The van der Waals surface area contributed by atoms with Crippen molar-refractivity contribution in [3.63, 3.8) is 0 Å². The van der Waals surface area contributed by atoms with Gasteiger partial charge in [0.25, 0.3) is 0 Å². The molecule has 0 radical (unpaired) electrons. The van der Waals surface area contributed by atoms with Crippen LogP contribution in [0.15, 0.2) is 97.0 Å². The van der Waals surface area contributed by atoms with E-state index in [1.165, 1.54) is 40.6 Å². The van der Waals surface area contributed by atoms with Crippen molar-refractivity contribution in [2.75, 3.05) is 0 Å². The molecule has 0 atom stereocenters. The second-order valence-electron chi connectivity index (χ2n) is 9.52. The van der Waals surface area contributed by atoms with Gasteiger partial charge in [-0.05, 0) is 94.6 Å². The predicted octanol–water partition coefficient (Wildman–Crippen LogP) is 8.34. The molecule has 0 spiro atoms. The molecule has 0 saturated carbocycles. The lowest BCUT2D eigenvalue weighted by Crippen LogP contribution is -2.07. The largest absolute Gasteiger partial charge is 0.264 e. The maximum atomic E-state index is 13.6. The number of fused-ring (bicyclic) bond motifs is 5. The van der Waals surface area contributed by atoms with Gasteiger partial charge < -0.3 is 0 Å². The number of aromatic nitrogens is 2. The van der Waals surface area contributed by atoms with E-state index < -0.39 is 11.6 Å². The highest BCUT2D eigenvalue weighted by atomic mass is 19.2. The number of halogens is 2. The standard InChI is InChI=1S/C24H18F2.C9H5N3/c25-23-12-8-17(14-24(23)26)16-6-9-20-18(13-16)7-11-21-19-4-2-1-3-15(19)5-10-22(20)21;10-4-7-3-8-6-11-2-1-9(8)12-5-7/h2,4,6-9,11-14H,1,3,5,10H2;1-3,5-6H. The zero-order valence-electron chi connectivity index (χ0n) is 20.6. The SMILES string of the molecule is Fc1ccc(-c2ccc3c4c(ccc3c2)C2=C(CCC=C2)CC4)cc1F.N#Cc1cnc2ccncc2c1. The summed E-state index contributed by atoms with van der Waals surface area (Å²) >= 11 is 0. The quantitative estimate of drug-likeness (QED) is 0.233. The Balaban J connectivity index is 0.000000184. The fraction of sp³-hybridized carbons (Fsp3) is 0.121. The van der Waals surface area contributed by atoms with Gasteiger partial charge in [0.2, 0.25) is 0 Å². The zero-order chi connectivity index (χ0) is 26.1. The van der Waals surface area contributed by atoms with Crippen molar-refractivity contribution < 1.29 is 8.78 Å². The van der Waals surface area contributed by atoms with Crippen molar-refractivity contribution in [3.8, 4) is 17.2 Å². The van der Waals surface area contributed by atoms with Crippen LogP contribution in [0.3, 0.4) is 0 Å². The van der Waals surface area contributed by atoms with Gasteiger partial charge in [0.15, 0.2) is 11.6 Å². The summed E-state index contributed by atoms with van der Waals surface area (Å²) in [7, 11) is 0. The first-order valence-corrected chi connectivity index (χ1v) is 12.6. The van der Waals surface area contributed by atoms with E-state index in [4.69, 9.17) is 5.26 Å². The third-order valence-corrected chi connectivity index (χ3v) is 7.24. The molecule has 2 aromatic heterocycles. The van der Waals surface area contributed by atoms with E-state index in [1.807, 2.05) is 18.2 Å². The Hall–Kier alpha value is -4.69. The average Bonchev–Trinajstić information content (AvgIpc) is 2.98. The molecule has 0 N–H and O–H groups in total. The summed E-state index contributed by atoms with van der Waals surface area (Å²) in [6.45, 7) is 0. The van der Waals surface area contributed by atoms with Gasteiger partial charge >= 0.3 is 0 Å². The first-order valence-electron chi connectivity index (χ1n) is 12.6. The second-order valence-corrected chi connectivity index (χ2v) is 9.52. The van der Waals surface area contributed by atoms with Crippen LogP contribution in [0.1, 0.15) is 36.0 Å². The van der Waals surface area contributed by atoms with Crippen LogP contribution in [0.2, 0.25) is 0 Å². The maximum Gasteiger partial charge on any atom is 0.159 e. The Kier molecular flexibility index (Phi) is 6.23. The highest BCUT2D eigenvalue weighted by molar-refractivity contribution is 5.95. The van der Waals surface area contributed by atoms with Gasteiger partial charge in [-0.15, -0.1) is 0 Å². The van der Waals surface area contributed by atoms with Crippen molar-refractivity contribution in [1.29, 1.82) is 5.26 Å². The Morgan fingerprint density at radius 3 is 2.53 bits per heavy atom. The van der Waals surface area contributed by atoms with Crippen LogP contribution in [-0.4, -0.2) is 9.97 Å². The van der Waals surface area contributed by atoms with E-state index in [-0.39, 0.29) is 0 Å². The highest BCUT2D eigenvalue weighted by Gasteiger charge is 2.20. The van der Waals surface area contributed by atoms with E-state index in [9.17, 15) is 8.78 Å². The average molecular weight is 500 g/mol. The molecular weight excluding hydrogens is 476 g/mol. The lowest BCUT2D eigenvalue weighted by Gasteiger charge is -2.25. The molecule has 5 heteroatoms. The molecule has 5 aromatic rings. The molecule has 0 unspecified atom stereocenters. The van der Waals surface area contributed by atoms with Crippen molar-refractivity contribution in [1.82, 2.24) is 9.97 Å². The Labute approximate surface area is 219 Å². The molecule has 0 bridgehead atoms. The van der Waals surface area contributed by atoms with Gasteiger partial charge in [0, 0.05) is 24.0 Å². The first-order chi connectivity index (χ1) is 18.6. The molecule has 0 amide bonds. The molecule has 3 aromatic carbocycles. The molecule has 184 valence electrons. The lowest BCUT2D eigenvalue weighted by molar-refractivity contribution is 0.509. The third kappa shape index (κ3) is 4.46. The van der Waals surface area contributed by atoms with Crippen LogP contribution in [0.5, 0.6) is 0 Å². The van der Waals surface area contributed by atoms with Gasteiger partial charge in [-0.3, -0.25) is 9.97 Å². The van der Waals surface area contributed by atoms with E-state index in [2.05, 4.69) is 46.4 Å². The molecule has 2 aliphatic rings. The van der Waals surface area contributed by atoms with Gasteiger partial charge in [-0.2, -0.15) is 5.26 Å². The summed E-state index contributed by atoms with van der Waals surface area (Å²) < 4.78 is 26.8. The van der Waals surface area contributed by atoms with E-state index in [0.29, 0.717) is 11.1 Å². The first kappa shape index (κ1) is 23.7. The van der Waals surface area contributed by atoms with Gasteiger partial charge in [0.05, 0.1) is 11.1 Å². The van der Waals surface area contributed by atoms with Gasteiger partial charge in [-0.25, -0.2) is 8.78 Å². The summed E-state index contributed by atoms with van der Waals surface area (Å²) in [6, 6.07) is 20.3. The van der Waals surface area contributed by atoms with Crippen molar-refractivity contribution in [2.45, 2.75) is 25.7 Å². The summed E-state index contributed by atoms with van der Waals surface area (Å²) in [4.78, 5) is 8.03. The van der Waals surface area contributed by atoms with Crippen LogP contribution >= 0.6 is 0 Å². The van der Waals surface area contributed by atoms with Crippen LogP contribution < -0.4 is 0 Å². The normalized spacial score (nSPS) is 13.9. The Bertz CT molecular complexity index is 1810. The minimum Gasteiger partial charge on any atom is -0.264 e. The summed E-state index contributed by atoms with van der Waals surface area (Å²) in [5.74, 6) is -1.62. The van der Waals surface area contributed by atoms with E-state index in [0.717, 1.165) is 41.1 Å². The summed E-state index contributed by atoms with van der Waals surface area (Å²) in [5.41, 5.74) is 8.79.